The van der Waals surface area contributed by atoms with Crippen molar-refractivity contribution in [1.29, 1.82) is 0 Å². The van der Waals surface area contributed by atoms with Gasteiger partial charge in [-0.1, -0.05) is 77.2 Å². The highest BCUT2D eigenvalue weighted by Gasteiger charge is 2.05. The number of benzene rings is 1. The van der Waals surface area contributed by atoms with Crippen molar-refractivity contribution in [2.45, 2.75) is 97.5 Å². The molecule has 1 aromatic rings. The lowest BCUT2D eigenvalue weighted by molar-refractivity contribution is 0.0409. The fraction of sp³-hybridized carbons (Fsp3) is 0.680. The second-order valence-corrected chi connectivity index (χ2v) is 7.42. The number of hydrogen-bond donors (Lipinski definition) is 0. The zero-order valence-corrected chi connectivity index (χ0v) is 18.1. The third-order valence-corrected chi connectivity index (χ3v) is 4.91. The van der Waals surface area contributed by atoms with E-state index in [2.05, 4.69) is 57.2 Å². The summed E-state index contributed by atoms with van der Waals surface area (Å²) in [5, 5.41) is 0. The number of hydrogen-bond acceptors (Lipinski definition) is 2. The quantitative estimate of drug-likeness (QED) is 0.259. The Hall–Kier alpha value is -1.28. The fourth-order valence-corrected chi connectivity index (χ4v) is 3.05. The first-order chi connectivity index (χ1) is 13.3. The van der Waals surface area contributed by atoms with E-state index in [1.54, 1.807) is 0 Å². The molecule has 27 heavy (non-hydrogen) atoms. The van der Waals surface area contributed by atoms with E-state index in [4.69, 9.17) is 9.47 Å². The van der Waals surface area contributed by atoms with Gasteiger partial charge in [0.05, 0.1) is 12.7 Å². The van der Waals surface area contributed by atoms with Gasteiger partial charge >= 0.3 is 0 Å². The van der Waals surface area contributed by atoms with Crippen molar-refractivity contribution in [3.63, 3.8) is 0 Å². The maximum Gasteiger partial charge on any atom is 0.119 e. The molecule has 0 bridgehead atoms. The van der Waals surface area contributed by atoms with Crippen LogP contribution >= 0.6 is 0 Å². The monoisotopic (exact) mass is 374 g/mol. The van der Waals surface area contributed by atoms with Crippen LogP contribution in [0.25, 0.3) is 6.08 Å². The van der Waals surface area contributed by atoms with Gasteiger partial charge in [-0.3, -0.25) is 0 Å². The molecule has 2 nitrogen and oxygen atoms in total. The van der Waals surface area contributed by atoms with Gasteiger partial charge in [-0.15, -0.1) is 0 Å². The van der Waals surface area contributed by atoms with Gasteiger partial charge in [0.25, 0.3) is 0 Å². The van der Waals surface area contributed by atoms with E-state index >= 15 is 0 Å². The lowest BCUT2D eigenvalue weighted by Crippen LogP contribution is -2.12. The molecule has 1 unspecified atom stereocenters. The van der Waals surface area contributed by atoms with E-state index < -0.39 is 0 Å². The zero-order valence-electron chi connectivity index (χ0n) is 18.1. The number of rotatable bonds is 17. The van der Waals surface area contributed by atoms with E-state index in [0.29, 0.717) is 6.10 Å². The van der Waals surface area contributed by atoms with Crippen LogP contribution in [-0.2, 0) is 4.74 Å². The van der Waals surface area contributed by atoms with Crippen LogP contribution in [0.2, 0.25) is 0 Å². The SMILES string of the molecule is CCCCCOC(CC)CCCCCC=Cc1ccc(OCCCC)cc1. The first-order valence-electron chi connectivity index (χ1n) is 11.3. The Bertz CT molecular complexity index is 464. The molecule has 0 fully saturated rings. The summed E-state index contributed by atoms with van der Waals surface area (Å²) in [5.41, 5.74) is 1.25. The summed E-state index contributed by atoms with van der Waals surface area (Å²) in [4.78, 5) is 0. The van der Waals surface area contributed by atoms with Crippen molar-refractivity contribution in [3.05, 3.63) is 35.9 Å². The van der Waals surface area contributed by atoms with Gasteiger partial charge < -0.3 is 9.47 Å². The van der Waals surface area contributed by atoms with Crippen LogP contribution in [0.1, 0.15) is 97.0 Å². The molecule has 1 atom stereocenters. The van der Waals surface area contributed by atoms with E-state index in [0.717, 1.165) is 38.2 Å². The van der Waals surface area contributed by atoms with Crippen molar-refractivity contribution in [2.75, 3.05) is 13.2 Å². The standard InChI is InChI=1S/C25H42O2/c1-4-7-14-22-26-24(6-3)16-13-11-9-10-12-15-23-17-19-25(20-18-23)27-21-8-5-2/h12,15,17-20,24H,4-11,13-14,16,21-22H2,1-3H3. The predicted molar refractivity (Wildman–Crippen MR) is 119 cm³/mol. The molecular formula is C25H42O2. The van der Waals surface area contributed by atoms with Gasteiger partial charge in [-0.05, 0) is 56.2 Å². The van der Waals surface area contributed by atoms with Crippen molar-refractivity contribution in [1.82, 2.24) is 0 Å². The summed E-state index contributed by atoms with van der Waals surface area (Å²) in [6, 6.07) is 8.42. The van der Waals surface area contributed by atoms with Gasteiger partial charge in [0.2, 0.25) is 0 Å². The minimum absolute atomic E-state index is 0.468. The normalized spacial score (nSPS) is 12.6. The number of allylic oxidation sites excluding steroid dienone is 1. The van der Waals surface area contributed by atoms with Crippen molar-refractivity contribution in [2.24, 2.45) is 0 Å². The topological polar surface area (TPSA) is 18.5 Å². The Morgan fingerprint density at radius 3 is 2.30 bits per heavy atom. The first-order valence-corrected chi connectivity index (χ1v) is 11.3. The van der Waals surface area contributed by atoms with E-state index in [-0.39, 0.29) is 0 Å². The Morgan fingerprint density at radius 1 is 0.815 bits per heavy atom. The highest BCUT2D eigenvalue weighted by Crippen LogP contribution is 2.15. The van der Waals surface area contributed by atoms with E-state index in [1.807, 2.05) is 0 Å². The predicted octanol–water partition coefficient (Wildman–Crippen LogP) is 7.81. The molecular weight excluding hydrogens is 332 g/mol. The van der Waals surface area contributed by atoms with E-state index in [9.17, 15) is 0 Å². The molecule has 0 radical (unpaired) electrons. The third-order valence-electron chi connectivity index (χ3n) is 4.91. The van der Waals surface area contributed by atoms with Gasteiger partial charge in [-0.2, -0.15) is 0 Å². The lowest BCUT2D eigenvalue weighted by atomic mass is 10.1. The molecule has 0 aliphatic heterocycles. The largest absolute Gasteiger partial charge is 0.494 e. The molecule has 1 rings (SSSR count). The summed E-state index contributed by atoms with van der Waals surface area (Å²) in [7, 11) is 0. The highest BCUT2D eigenvalue weighted by atomic mass is 16.5. The molecule has 0 saturated heterocycles. The molecule has 0 saturated carbocycles. The third kappa shape index (κ3) is 12.7. The number of ether oxygens (including phenoxy) is 2. The van der Waals surface area contributed by atoms with Gasteiger partial charge in [0.15, 0.2) is 0 Å². The molecule has 0 aliphatic carbocycles. The zero-order chi connectivity index (χ0) is 19.6. The summed E-state index contributed by atoms with van der Waals surface area (Å²) in [6.07, 6.45) is 18.4. The van der Waals surface area contributed by atoms with Gasteiger partial charge in [0, 0.05) is 6.61 Å². The lowest BCUT2D eigenvalue weighted by Gasteiger charge is -2.15. The molecule has 154 valence electrons. The summed E-state index contributed by atoms with van der Waals surface area (Å²) >= 11 is 0. The van der Waals surface area contributed by atoms with Crippen LogP contribution in [0.3, 0.4) is 0 Å². The molecule has 0 N–H and O–H groups in total. The molecule has 0 amide bonds. The first kappa shape index (κ1) is 23.8. The van der Waals surface area contributed by atoms with Gasteiger partial charge in [-0.25, -0.2) is 0 Å². The van der Waals surface area contributed by atoms with E-state index in [1.165, 1.54) is 56.9 Å². The Kier molecular flexibility index (Phi) is 14.8. The van der Waals surface area contributed by atoms with Gasteiger partial charge in [0.1, 0.15) is 5.75 Å². The maximum absolute atomic E-state index is 6.00. The Balaban J connectivity index is 2.09. The molecule has 0 heterocycles. The van der Waals surface area contributed by atoms with Crippen LogP contribution in [0, 0.1) is 0 Å². The average Bonchev–Trinajstić information content (AvgIpc) is 2.70. The smallest absolute Gasteiger partial charge is 0.119 e. The van der Waals surface area contributed by atoms with Crippen molar-refractivity contribution >= 4 is 6.08 Å². The van der Waals surface area contributed by atoms with Crippen LogP contribution < -0.4 is 4.74 Å². The van der Waals surface area contributed by atoms with Crippen molar-refractivity contribution in [3.8, 4) is 5.75 Å². The Morgan fingerprint density at radius 2 is 1.59 bits per heavy atom. The molecule has 0 spiro atoms. The van der Waals surface area contributed by atoms with Crippen LogP contribution in [0.15, 0.2) is 30.3 Å². The molecule has 0 aromatic heterocycles. The van der Waals surface area contributed by atoms with Crippen molar-refractivity contribution < 1.29 is 9.47 Å². The van der Waals surface area contributed by atoms with Crippen LogP contribution in [0.5, 0.6) is 5.75 Å². The Labute approximate surface area is 168 Å². The molecule has 0 aliphatic rings. The van der Waals surface area contributed by atoms with Crippen LogP contribution in [-0.4, -0.2) is 19.3 Å². The highest BCUT2D eigenvalue weighted by molar-refractivity contribution is 5.50. The van der Waals surface area contributed by atoms with Crippen LogP contribution in [0.4, 0.5) is 0 Å². The second-order valence-electron chi connectivity index (χ2n) is 7.42. The number of unbranched alkanes of at least 4 members (excludes halogenated alkanes) is 6. The summed E-state index contributed by atoms with van der Waals surface area (Å²) in [6.45, 7) is 8.42. The maximum atomic E-state index is 6.00. The second kappa shape index (κ2) is 16.9. The molecule has 1 aromatic carbocycles. The fourth-order valence-electron chi connectivity index (χ4n) is 3.05. The minimum Gasteiger partial charge on any atom is -0.494 e. The average molecular weight is 375 g/mol. The summed E-state index contributed by atoms with van der Waals surface area (Å²) in [5.74, 6) is 0.975. The molecule has 2 heteroatoms. The summed E-state index contributed by atoms with van der Waals surface area (Å²) < 4.78 is 11.7. The minimum atomic E-state index is 0.468.